The van der Waals surface area contributed by atoms with Gasteiger partial charge >= 0.3 is 6.09 Å². The van der Waals surface area contributed by atoms with Crippen molar-refractivity contribution in [3.63, 3.8) is 0 Å². The minimum Gasteiger partial charge on any atom is -0.447 e. The number of nitrogens with zero attached hydrogens (tertiary/aromatic N) is 1. The Labute approximate surface area is 105 Å². The summed E-state index contributed by atoms with van der Waals surface area (Å²) in [4.78, 5) is 13.0. The van der Waals surface area contributed by atoms with Gasteiger partial charge in [0.05, 0.1) is 30.6 Å². The number of hydrogen-bond acceptors (Lipinski definition) is 5. The van der Waals surface area contributed by atoms with Crippen LogP contribution in [0.25, 0.3) is 0 Å². The van der Waals surface area contributed by atoms with E-state index in [2.05, 4.69) is 5.32 Å². The number of hydrogen-bond donors (Lipinski definition) is 3. The number of carbonyl (C=O) groups is 1. The molecule has 1 unspecified atom stereocenters. The minimum absolute atomic E-state index is 0.219. The summed E-state index contributed by atoms with van der Waals surface area (Å²) in [6.07, 6.45) is -1.20. The van der Waals surface area contributed by atoms with Crippen molar-refractivity contribution in [2.24, 2.45) is 0 Å². The molecule has 18 heavy (non-hydrogen) atoms. The van der Waals surface area contributed by atoms with Crippen molar-refractivity contribution in [1.82, 2.24) is 0 Å². The molecule has 1 amide bonds. The summed E-state index contributed by atoms with van der Waals surface area (Å²) >= 11 is 0. The highest BCUT2D eigenvalue weighted by molar-refractivity contribution is 5.93. The Hall–Kier alpha value is -1.79. The molecule has 1 aromatic rings. The molecule has 1 fully saturated rings. The zero-order valence-electron chi connectivity index (χ0n) is 9.87. The Morgan fingerprint density at radius 1 is 1.44 bits per heavy atom. The van der Waals surface area contributed by atoms with E-state index in [1.165, 1.54) is 4.90 Å². The standard InChI is InChI=1S/C12H16N2O4/c15-8-9(16)7-13-10-3-1-2-4-11(10)14-5-6-18-12(14)17/h1-4,9,13,15-16H,5-8H2. The molecule has 1 aromatic carbocycles. The number of cyclic esters (lactones) is 1. The van der Waals surface area contributed by atoms with E-state index >= 15 is 0 Å². The molecule has 2 rings (SSSR count). The van der Waals surface area contributed by atoms with E-state index in [9.17, 15) is 9.90 Å². The monoisotopic (exact) mass is 252 g/mol. The van der Waals surface area contributed by atoms with Crippen LogP contribution in [0, 0.1) is 0 Å². The van der Waals surface area contributed by atoms with Gasteiger partial charge in [-0.05, 0) is 12.1 Å². The highest BCUT2D eigenvalue weighted by atomic mass is 16.6. The van der Waals surface area contributed by atoms with Gasteiger partial charge in [-0.1, -0.05) is 12.1 Å². The fourth-order valence-electron chi connectivity index (χ4n) is 1.76. The molecule has 1 aliphatic heterocycles. The number of nitrogens with one attached hydrogen (secondary N) is 1. The highest BCUT2D eigenvalue weighted by Crippen LogP contribution is 2.27. The lowest BCUT2D eigenvalue weighted by molar-refractivity contribution is 0.105. The second-order valence-corrected chi connectivity index (χ2v) is 4.00. The molecule has 0 radical (unpaired) electrons. The number of aliphatic hydroxyl groups is 2. The maximum atomic E-state index is 11.5. The zero-order chi connectivity index (χ0) is 13.0. The molecule has 6 heteroatoms. The van der Waals surface area contributed by atoms with E-state index in [1.54, 1.807) is 6.07 Å². The number of rotatable bonds is 5. The number of carbonyl (C=O) groups excluding carboxylic acids is 1. The quantitative estimate of drug-likeness (QED) is 0.707. The fraction of sp³-hybridized carbons (Fsp3) is 0.417. The predicted molar refractivity (Wildman–Crippen MR) is 66.7 cm³/mol. The second-order valence-electron chi connectivity index (χ2n) is 4.00. The van der Waals surface area contributed by atoms with Gasteiger partial charge in [-0.15, -0.1) is 0 Å². The van der Waals surface area contributed by atoms with E-state index < -0.39 is 6.10 Å². The third-order valence-electron chi connectivity index (χ3n) is 2.69. The van der Waals surface area contributed by atoms with Gasteiger partial charge in [0.25, 0.3) is 0 Å². The molecule has 0 aromatic heterocycles. The van der Waals surface area contributed by atoms with Crippen LogP contribution in [0.3, 0.4) is 0 Å². The van der Waals surface area contributed by atoms with Crippen LogP contribution >= 0.6 is 0 Å². The maximum Gasteiger partial charge on any atom is 0.414 e. The number of amides is 1. The number of benzene rings is 1. The molecule has 1 heterocycles. The van der Waals surface area contributed by atoms with Gasteiger partial charge in [-0.25, -0.2) is 4.79 Å². The first-order chi connectivity index (χ1) is 8.72. The van der Waals surface area contributed by atoms with Gasteiger partial charge < -0.3 is 20.3 Å². The normalized spacial score (nSPS) is 16.6. The molecule has 0 bridgehead atoms. The first-order valence-corrected chi connectivity index (χ1v) is 5.78. The summed E-state index contributed by atoms with van der Waals surface area (Å²) < 4.78 is 4.89. The Kier molecular flexibility index (Phi) is 4.01. The molecule has 3 N–H and O–H groups in total. The predicted octanol–water partition coefficient (Wildman–Crippen LogP) is 0.408. The van der Waals surface area contributed by atoms with Crippen molar-refractivity contribution < 1.29 is 19.7 Å². The van der Waals surface area contributed by atoms with E-state index in [0.29, 0.717) is 18.8 Å². The molecule has 0 saturated carbocycles. The highest BCUT2D eigenvalue weighted by Gasteiger charge is 2.25. The Morgan fingerprint density at radius 3 is 2.89 bits per heavy atom. The lowest BCUT2D eigenvalue weighted by Crippen LogP contribution is -2.27. The van der Waals surface area contributed by atoms with Crippen LogP contribution in [0.15, 0.2) is 24.3 Å². The number of aliphatic hydroxyl groups excluding tert-OH is 2. The molecular formula is C12H16N2O4. The third kappa shape index (κ3) is 2.72. The van der Waals surface area contributed by atoms with E-state index in [-0.39, 0.29) is 19.2 Å². The molecular weight excluding hydrogens is 236 g/mol. The molecule has 6 nitrogen and oxygen atoms in total. The molecule has 0 aliphatic carbocycles. The lowest BCUT2D eigenvalue weighted by Gasteiger charge is -2.19. The van der Waals surface area contributed by atoms with Crippen molar-refractivity contribution >= 4 is 17.5 Å². The van der Waals surface area contributed by atoms with Gasteiger partial charge in [-0.3, -0.25) is 4.90 Å². The van der Waals surface area contributed by atoms with Crippen LogP contribution in [0.2, 0.25) is 0 Å². The number of ether oxygens (including phenoxy) is 1. The maximum absolute atomic E-state index is 11.5. The third-order valence-corrected chi connectivity index (χ3v) is 2.69. The van der Waals surface area contributed by atoms with Crippen molar-refractivity contribution in [2.75, 3.05) is 36.5 Å². The SMILES string of the molecule is O=C1OCCN1c1ccccc1NCC(O)CO. The number of anilines is 2. The van der Waals surface area contributed by atoms with Crippen LogP contribution in [0.5, 0.6) is 0 Å². The average Bonchev–Trinajstić information content (AvgIpc) is 2.82. The first kappa shape index (κ1) is 12.7. The van der Waals surface area contributed by atoms with Gasteiger partial charge in [0.1, 0.15) is 6.61 Å². The number of para-hydroxylation sites is 2. The van der Waals surface area contributed by atoms with Crippen LogP contribution in [-0.2, 0) is 4.74 Å². The smallest absolute Gasteiger partial charge is 0.414 e. The van der Waals surface area contributed by atoms with Crippen LogP contribution in [0.4, 0.5) is 16.2 Å². The zero-order valence-corrected chi connectivity index (χ0v) is 9.87. The average molecular weight is 252 g/mol. The summed E-state index contributed by atoms with van der Waals surface area (Å²) in [6, 6.07) is 7.28. The van der Waals surface area contributed by atoms with Crippen molar-refractivity contribution in [3.05, 3.63) is 24.3 Å². The van der Waals surface area contributed by atoms with E-state index in [1.807, 2.05) is 18.2 Å². The van der Waals surface area contributed by atoms with Crippen molar-refractivity contribution in [1.29, 1.82) is 0 Å². The van der Waals surface area contributed by atoms with Gasteiger partial charge in [0, 0.05) is 6.54 Å². The van der Waals surface area contributed by atoms with Crippen molar-refractivity contribution in [2.45, 2.75) is 6.10 Å². The van der Waals surface area contributed by atoms with Gasteiger partial charge in [-0.2, -0.15) is 0 Å². The molecule has 1 aliphatic rings. The summed E-state index contributed by atoms with van der Waals surface area (Å²) in [6.45, 7) is 0.809. The topological polar surface area (TPSA) is 82.0 Å². The Balaban J connectivity index is 2.12. The van der Waals surface area contributed by atoms with E-state index in [4.69, 9.17) is 9.84 Å². The lowest BCUT2D eigenvalue weighted by atomic mass is 10.2. The van der Waals surface area contributed by atoms with Crippen LogP contribution in [0.1, 0.15) is 0 Å². The second kappa shape index (κ2) is 5.70. The van der Waals surface area contributed by atoms with Crippen LogP contribution in [-0.4, -0.2) is 48.7 Å². The van der Waals surface area contributed by atoms with Gasteiger partial charge in [0.2, 0.25) is 0 Å². The first-order valence-electron chi connectivity index (χ1n) is 5.78. The van der Waals surface area contributed by atoms with Crippen LogP contribution < -0.4 is 10.2 Å². The molecule has 98 valence electrons. The van der Waals surface area contributed by atoms with Gasteiger partial charge in [0.15, 0.2) is 0 Å². The molecule has 1 atom stereocenters. The molecule has 0 spiro atoms. The molecule has 1 saturated heterocycles. The summed E-state index contributed by atoms with van der Waals surface area (Å²) in [5, 5.41) is 21.1. The van der Waals surface area contributed by atoms with E-state index in [0.717, 1.165) is 5.69 Å². The minimum atomic E-state index is -0.830. The summed E-state index contributed by atoms with van der Waals surface area (Å²) in [5.74, 6) is 0. The summed E-state index contributed by atoms with van der Waals surface area (Å²) in [5.41, 5.74) is 1.44. The summed E-state index contributed by atoms with van der Waals surface area (Å²) in [7, 11) is 0. The van der Waals surface area contributed by atoms with Crippen molar-refractivity contribution in [3.8, 4) is 0 Å². The Morgan fingerprint density at radius 2 is 2.22 bits per heavy atom. The largest absolute Gasteiger partial charge is 0.447 e. The Bertz CT molecular complexity index is 424. The fourth-order valence-corrected chi connectivity index (χ4v) is 1.76.